The first-order valence-electron chi connectivity index (χ1n) is 14.4. The number of allylic oxidation sites excluding steroid dienone is 5. The van der Waals surface area contributed by atoms with Crippen molar-refractivity contribution in [3.05, 3.63) is 36.0 Å². The van der Waals surface area contributed by atoms with E-state index in [1.54, 1.807) is 6.08 Å². The Kier molecular flexibility index (Phi) is 7.93. The molecule has 0 spiro atoms. The van der Waals surface area contributed by atoms with Gasteiger partial charge in [0.05, 0.1) is 7.11 Å². The van der Waals surface area contributed by atoms with Crippen LogP contribution < -0.4 is 0 Å². The summed E-state index contributed by atoms with van der Waals surface area (Å²) in [5.41, 5.74) is 1.40. The Balaban J connectivity index is 1.76. The molecule has 36 heavy (non-hydrogen) atoms. The topological polar surface area (TPSA) is 52.6 Å². The maximum atomic E-state index is 12.4. The van der Waals surface area contributed by atoms with Crippen molar-refractivity contribution in [2.24, 2.45) is 40.4 Å². The quantitative estimate of drug-likeness (QED) is 0.195. The highest BCUT2D eigenvalue weighted by Crippen LogP contribution is 2.67. The average Bonchev–Trinajstić information content (AvgIpc) is 3.22. The zero-order valence-electron chi connectivity index (χ0n) is 23.6. The van der Waals surface area contributed by atoms with Gasteiger partial charge in [-0.05, 0) is 95.9 Å². The molecule has 2 fully saturated rings. The fourth-order valence-electron chi connectivity index (χ4n) is 8.86. The van der Waals surface area contributed by atoms with Gasteiger partial charge >= 0.3 is 5.97 Å². The van der Waals surface area contributed by atoms with Crippen LogP contribution in [-0.4, -0.2) is 33.3 Å². The summed E-state index contributed by atoms with van der Waals surface area (Å²) in [4.78, 5) is 24.2. The molecule has 0 N–H and O–H groups in total. The van der Waals surface area contributed by atoms with Gasteiger partial charge in [0.25, 0.3) is 0 Å². The standard InChI is InChI=1S/C31H48O4Si/c1-8-36(9-2,10-3)35-27-20-31(6)25(21(4)11-16-28(33)34-7)14-15-26(31)24-13-12-22-19-23(32)17-18-30(22,5)29(24)27/h11-13,16,19,21,24-27,29H,8-10,14-15,17-18,20H2,1-7H3/b16-11+/t21-,24?,25-,26?,27?,29?,30+,31-/m1/s1. The van der Waals surface area contributed by atoms with Crippen molar-refractivity contribution in [2.75, 3.05) is 7.11 Å². The van der Waals surface area contributed by atoms with Gasteiger partial charge in [-0.25, -0.2) is 4.79 Å². The molecule has 0 radical (unpaired) electrons. The van der Waals surface area contributed by atoms with E-state index in [9.17, 15) is 9.59 Å². The molecule has 4 rings (SSSR count). The van der Waals surface area contributed by atoms with Crippen LogP contribution in [0.1, 0.15) is 73.6 Å². The number of hydrogen-bond acceptors (Lipinski definition) is 4. The number of carbonyl (C=O) groups excluding carboxylic acids is 2. The lowest BCUT2D eigenvalue weighted by Gasteiger charge is -2.60. The molecule has 0 heterocycles. The maximum absolute atomic E-state index is 12.4. The third-order valence-corrected chi connectivity index (χ3v) is 15.9. The van der Waals surface area contributed by atoms with Gasteiger partial charge in [-0.2, -0.15) is 0 Å². The van der Waals surface area contributed by atoms with Crippen molar-refractivity contribution in [2.45, 2.75) is 97.9 Å². The largest absolute Gasteiger partial charge is 0.466 e. The highest BCUT2D eigenvalue weighted by atomic mass is 28.4. The van der Waals surface area contributed by atoms with Crippen molar-refractivity contribution in [3.8, 4) is 0 Å². The lowest BCUT2D eigenvalue weighted by atomic mass is 9.47. The molecular formula is C31H48O4Si. The van der Waals surface area contributed by atoms with E-state index in [1.165, 1.54) is 25.5 Å². The lowest BCUT2D eigenvalue weighted by Crippen LogP contribution is -2.58. The molecule has 200 valence electrons. The van der Waals surface area contributed by atoms with E-state index in [-0.39, 0.29) is 28.7 Å². The molecule has 0 aromatic heterocycles. The molecular weight excluding hydrogens is 464 g/mol. The third kappa shape index (κ3) is 4.53. The number of methoxy groups -OCH3 is 1. The molecule has 0 aliphatic heterocycles. The minimum atomic E-state index is -1.83. The Morgan fingerprint density at radius 2 is 1.89 bits per heavy atom. The minimum absolute atomic E-state index is 0.00315. The number of esters is 1. The Bertz CT molecular complexity index is 938. The van der Waals surface area contributed by atoms with Gasteiger partial charge in [0.1, 0.15) is 0 Å². The Morgan fingerprint density at radius 3 is 2.53 bits per heavy atom. The molecule has 4 aliphatic carbocycles. The number of hydrogen-bond donors (Lipinski definition) is 0. The van der Waals surface area contributed by atoms with E-state index in [4.69, 9.17) is 9.16 Å². The number of rotatable bonds is 8. The van der Waals surface area contributed by atoms with Crippen LogP contribution in [0.5, 0.6) is 0 Å². The molecule has 0 amide bonds. The first-order chi connectivity index (χ1) is 17.1. The molecule has 0 saturated heterocycles. The third-order valence-electron chi connectivity index (χ3n) is 11.2. The fourth-order valence-corrected chi connectivity index (χ4v) is 11.7. The molecule has 0 aromatic carbocycles. The number of carbonyl (C=O) groups is 2. The van der Waals surface area contributed by atoms with Crippen LogP contribution in [0, 0.1) is 40.4 Å². The fraction of sp³-hybridized carbons (Fsp3) is 0.742. The molecule has 2 saturated carbocycles. The molecule has 8 atom stereocenters. The molecule has 4 aliphatic rings. The number of ketones is 1. The monoisotopic (exact) mass is 512 g/mol. The molecule has 4 unspecified atom stereocenters. The van der Waals surface area contributed by atoms with Crippen molar-refractivity contribution in [1.29, 1.82) is 0 Å². The normalized spacial score (nSPS) is 38.8. The Morgan fingerprint density at radius 1 is 1.19 bits per heavy atom. The van der Waals surface area contributed by atoms with Crippen LogP contribution in [0.2, 0.25) is 18.1 Å². The highest BCUT2D eigenvalue weighted by Gasteiger charge is 2.62. The summed E-state index contributed by atoms with van der Waals surface area (Å²) < 4.78 is 12.3. The zero-order chi connectivity index (χ0) is 26.3. The molecule has 0 aromatic rings. The predicted octanol–water partition coefficient (Wildman–Crippen LogP) is 7.28. The van der Waals surface area contributed by atoms with Gasteiger partial charge in [-0.1, -0.05) is 59.8 Å². The second kappa shape index (κ2) is 10.4. The summed E-state index contributed by atoms with van der Waals surface area (Å²) in [5, 5.41) is 0. The van der Waals surface area contributed by atoms with E-state index in [0.29, 0.717) is 36.0 Å². The van der Waals surface area contributed by atoms with Crippen LogP contribution >= 0.6 is 0 Å². The van der Waals surface area contributed by atoms with Crippen LogP contribution in [0.15, 0.2) is 36.0 Å². The maximum Gasteiger partial charge on any atom is 0.330 e. The molecule has 5 heteroatoms. The first kappa shape index (κ1) is 27.6. The van der Waals surface area contributed by atoms with E-state index in [1.807, 2.05) is 6.08 Å². The van der Waals surface area contributed by atoms with Crippen LogP contribution in [-0.2, 0) is 18.8 Å². The van der Waals surface area contributed by atoms with E-state index >= 15 is 0 Å². The lowest BCUT2D eigenvalue weighted by molar-refractivity contribution is -0.134. The average molecular weight is 513 g/mol. The van der Waals surface area contributed by atoms with Gasteiger partial charge in [-0.15, -0.1) is 0 Å². The minimum Gasteiger partial charge on any atom is -0.466 e. The van der Waals surface area contributed by atoms with Crippen molar-refractivity contribution >= 4 is 20.1 Å². The van der Waals surface area contributed by atoms with Gasteiger partial charge < -0.3 is 9.16 Å². The Labute approximate surface area is 220 Å². The molecule has 0 bridgehead atoms. The van der Waals surface area contributed by atoms with E-state index < -0.39 is 8.32 Å². The summed E-state index contributed by atoms with van der Waals surface area (Å²) in [5.74, 6) is 2.34. The van der Waals surface area contributed by atoms with Gasteiger partial charge in [-0.3, -0.25) is 4.79 Å². The summed E-state index contributed by atoms with van der Waals surface area (Å²) in [7, 11) is -0.390. The summed E-state index contributed by atoms with van der Waals surface area (Å²) in [6, 6.07) is 3.47. The van der Waals surface area contributed by atoms with Crippen molar-refractivity contribution in [3.63, 3.8) is 0 Å². The van der Waals surface area contributed by atoms with Crippen molar-refractivity contribution < 1.29 is 18.8 Å². The first-order valence-corrected chi connectivity index (χ1v) is 17.0. The van der Waals surface area contributed by atoms with Gasteiger partial charge in [0.15, 0.2) is 14.1 Å². The van der Waals surface area contributed by atoms with E-state index in [2.05, 4.69) is 59.8 Å². The highest BCUT2D eigenvalue weighted by molar-refractivity contribution is 6.73. The van der Waals surface area contributed by atoms with Gasteiger partial charge in [0, 0.05) is 18.6 Å². The van der Waals surface area contributed by atoms with E-state index in [0.717, 1.165) is 31.0 Å². The smallest absolute Gasteiger partial charge is 0.330 e. The molecule has 4 nitrogen and oxygen atoms in total. The van der Waals surface area contributed by atoms with Crippen LogP contribution in [0.25, 0.3) is 0 Å². The SMILES string of the molecule is CC[Si](CC)(CC)OC1C[C@@]2(C)C(CC[C@@H]2[C@H](C)/C=C/C(=O)OC)C2C=CC3=CC(=O)CC[C@]3(C)C12. The number of fused-ring (bicyclic) bond motifs is 5. The zero-order valence-corrected chi connectivity index (χ0v) is 24.6. The summed E-state index contributed by atoms with van der Waals surface area (Å²) in [6.07, 6.45) is 15.7. The van der Waals surface area contributed by atoms with Crippen molar-refractivity contribution in [1.82, 2.24) is 0 Å². The second-order valence-corrected chi connectivity index (χ2v) is 17.3. The van der Waals surface area contributed by atoms with Gasteiger partial charge in [0.2, 0.25) is 0 Å². The Hall–Kier alpha value is -1.46. The van der Waals surface area contributed by atoms with Crippen LogP contribution in [0.4, 0.5) is 0 Å². The summed E-state index contributed by atoms with van der Waals surface area (Å²) in [6.45, 7) is 14.2. The number of ether oxygens (including phenoxy) is 1. The summed E-state index contributed by atoms with van der Waals surface area (Å²) >= 11 is 0. The second-order valence-electron chi connectivity index (χ2n) is 12.6. The predicted molar refractivity (Wildman–Crippen MR) is 148 cm³/mol. The van der Waals surface area contributed by atoms with Crippen LogP contribution in [0.3, 0.4) is 0 Å².